The number of hydrazine groups is 1. The predicted octanol–water partition coefficient (Wildman–Crippen LogP) is 0.337. The summed E-state index contributed by atoms with van der Waals surface area (Å²) >= 11 is 0. The fourth-order valence-corrected chi connectivity index (χ4v) is 1.59. The van der Waals surface area contributed by atoms with Crippen LogP contribution in [0.5, 0.6) is 11.5 Å². The van der Waals surface area contributed by atoms with Crippen LogP contribution < -0.4 is 11.3 Å². The lowest BCUT2D eigenvalue weighted by Crippen LogP contribution is -2.56. The number of carboxylic acids is 1. The van der Waals surface area contributed by atoms with E-state index < -0.39 is 11.5 Å². The smallest absolute Gasteiger partial charge is 0.325 e. The second kappa shape index (κ2) is 5.03. The number of carbonyl (C=O) groups is 1. The topological polar surface area (TPSA) is 116 Å². The summed E-state index contributed by atoms with van der Waals surface area (Å²) in [7, 11) is 0. The number of aliphatic carboxylic acids is 1. The minimum Gasteiger partial charge on any atom is -0.508 e. The maximum absolute atomic E-state index is 11.2. The molecule has 6 N–H and O–H groups in total. The normalized spacial score (nSPS) is 14.2. The van der Waals surface area contributed by atoms with Gasteiger partial charge in [-0.05, 0) is 18.1 Å². The van der Waals surface area contributed by atoms with E-state index in [1.54, 1.807) is 6.92 Å². The lowest BCUT2D eigenvalue weighted by atomic mass is 9.88. The Morgan fingerprint density at radius 1 is 1.47 bits per heavy atom. The van der Waals surface area contributed by atoms with Gasteiger partial charge in [0.15, 0.2) is 0 Å². The van der Waals surface area contributed by atoms with E-state index in [9.17, 15) is 9.90 Å². The molecule has 6 nitrogen and oxygen atoms in total. The summed E-state index contributed by atoms with van der Waals surface area (Å²) in [5.41, 5.74) is 1.36. The number of hydrogen-bond donors (Lipinski definition) is 5. The lowest BCUT2D eigenvalue weighted by molar-refractivity contribution is -0.145. The Kier molecular flexibility index (Phi) is 3.93. The van der Waals surface area contributed by atoms with Crippen LogP contribution in [0.15, 0.2) is 18.2 Å². The number of nitrogens with one attached hydrogen (secondary N) is 1. The Labute approximate surface area is 98.7 Å². The molecule has 6 heteroatoms. The summed E-state index contributed by atoms with van der Waals surface area (Å²) in [4.78, 5) is 11.2. The Balaban J connectivity index is 3.05. The molecule has 0 aliphatic rings. The van der Waals surface area contributed by atoms with Crippen LogP contribution in [-0.4, -0.2) is 26.8 Å². The summed E-state index contributed by atoms with van der Waals surface area (Å²) in [6.45, 7) is 1.69. The first-order valence-electron chi connectivity index (χ1n) is 5.17. The summed E-state index contributed by atoms with van der Waals surface area (Å²) in [5.74, 6) is 3.96. The molecule has 94 valence electrons. The van der Waals surface area contributed by atoms with Gasteiger partial charge >= 0.3 is 5.97 Å². The zero-order valence-electron chi connectivity index (χ0n) is 9.47. The van der Waals surface area contributed by atoms with Gasteiger partial charge in [0.1, 0.15) is 17.0 Å². The van der Waals surface area contributed by atoms with Gasteiger partial charge in [-0.3, -0.25) is 10.6 Å². The largest absolute Gasteiger partial charge is 0.508 e. The van der Waals surface area contributed by atoms with E-state index in [1.807, 2.05) is 0 Å². The molecule has 0 aliphatic carbocycles. The van der Waals surface area contributed by atoms with E-state index in [1.165, 1.54) is 12.1 Å². The third-order valence-corrected chi connectivity index (χ3v) is 2.85. The average molecular weight is 240 g/mol. The van der Waals surface area contributed by atoms with Crippen molar-refractivity contribution >= 4 is 5.97 Å². The van der Waals surface area contributed by atoms with Crippen molar-refractivity contribution in [2.45, 2.75) is 25.3 Å². The maximum atomic E-state index is 11.2. The number of hydrogen-bond acceptors (Lipinski definition) is 5. The molecular weight excluding hydrogens is 224 g/mol. The molecule has 0 fully saturated rings. The lowest BCUT2D eigenvalue weighted by Gasteiger charge is -2.27. The van der Waals surface area contributed by atoms with Gasteiger partial charge in [0.25, 0.3) is 0 Å². The highest BCUT2D eigenvalue weighted by Gasteiger charge is 2.36. The van der Waals surface area contributed by atoms with Crippen LogP contribution in [0.4, 0.5) is 0 Å². The van der Waals surface area contributed by atoms with Crippen LogP contribution in [0.25, 0.3) is 0 Å². The number of phenolic OH excluding ortho intramolecular Hbond substituents is 2. The monoisotopic (exact) mass is 240 g/mol. The molecular formula is C11H16N2O4. The summed E-state index contributed by atoms with van der Waals surface area (Å²) in [6, 6.07) is 4.01. The Hall–Kier alpha value is -1.79. The summed E-state index contributed by atoms with van der Waals surface area (Å²) in [5, 5.41) is 27.9. The average Bonchev–Trinajstić information content (AvgIpc) is 2.28. The number of nitrogens with two attached hydrogens (primary N) is 1. The molecule has 1 aromatic rings. The molecule has 1 aromatic carbocycles. The van der Waals surface area contributed by atoms with Crippen molar-refractivity contribution in [3.05, 3.63) is 23.8 Å². The molecule has 0 heterocycles. The van der Waals surface area contributed by atoms with Crippen molar-refractivity contribution in [1.29, 1.82) is 0 Å². The van der Waals surface area contributed by atoms with E-state index in [0.29, 0.717) is 5.56 Å². The van der Waals surface area contributed by atoms with Crippen LogP contribution >= 0.6 is 0 Å². The maximum Gasteiger partial charge on any atom is 0.325 e. The van der Waals surface area contributed by atoms with E-state index in [0.717, 1.165) is 6.07 Å². The minimum atomic E-state index is -1.32. The second-order valence-electron chi connectivity index (χ2n) is 3.87. The standard InChI is InChI=1S/C11H16N2O4/c1-2-11(13-12,10(16)17)6-7-3-4-8(14)5-9(7)15/h3-5,13-15H,2,6,12H2,1H3,(H,16,17). The van der Waals surface area contributed by atoms with Crippen molar-refractivity contribution in [1.82, 2.24) is 5.43 Å². The highest BCUT2D eigenvalue weighted by molar-refractivity contribution is 5.79. The fraction of sp³-hybridized carbons (Fsp3) is 0.364. The van der Waals surface area contributed by atoms with Gasteiger partial charge in [0.2, 0.25) is 0 Å². The molecule has 1 atom stereocenters. The molecule has 17 heavy (non-hydrogen) atoms. The van der Waals surface area contributed by atoms with Crippen molar-refractivity contribution < 1.29 is 20.1 Å². The number of rotatable bonds is 5. The molecule has 0 amide bonds. The molecule has 0 saturated heterocycles. The third-order valence-electron chi connectivity index (χ3n) is 2.85. The van der Waals surface area contributed by atoms with Crippen LogP contribution in [0, 0.1) is 0 Å². The zero-order chi connectivity index (χ0) is 13.1. The van der Waals surface area contributed by atoms with E-state index >= 15 is 0 Å². The predicted molar refractivity (Wildman–Crippen MR) is 61.5 cm³/mol. The van der Waals surface area contributed by atoms with Crippen LogP contribution in [0.2, 0.25) is 0 Å². The SMILES string of the molecule is CCC(Cc1ccc(O)cc1O)(NN)C(=O)O. The Morgan fingerprint density at radius 2 is 2.12 bits per heavy atom. The van der Waals surface area contributed by atoms with E-state index in [-0.39, 0.29) is 24.3 Å². The molecule has 0 spiro atoms. The van der Waals surface area contributed by atoms with Gasteiger partial charge in [0.05, 0.1) is 0 Å². The van der Waals surface area contributed by atoms with Gasteiger partial charge in [-0.15, -0.1) is 0 Å². The first kappa shape index (κ1) is 13.3. The first-order chi connectivity index (χ1) is 7.95. The van der Waals surface area contributed by atoms with Crippen molar-refractivity contribution in [2.24, 2.45) is 5.84 Å². The van der Waals surface area contributed by atoms with E-state index in [4.69, 9.17) is 16.1 Å². The summed E-state index contributed by atoms with van der Waals surface area (Å²) < 4.78 is 0. The summed E-state index contributed by atoms with van der Waals surface area (Å²) in [6.07, 6.45) is 0.292. The van der Waals surface area contributed by atoms with Crippen molar-refractivity contribution in [3.8, 4) is 11.5 Å². The molecule has 0 saturated carbocycles. The molecule has 0 aromatic heterocycles. The Bertz CT molecular complexity index is 416. The zero-order valence-corrected chi connectivity index (χ0v) is 9.47. The molecule has 0 aliphatic heterocycles. The third kappa shape index (κ3) is 2.66. The van der Waals surface area contributed by atoms with E-state index in [2.05, 4.69) is 5.43 Å². The molecule has 1 rings (SSSR count). The first-order valence-corrected chi connectivity index (χ1v) is 5.17. The quantitative estimate of drug-likeness (QED) is 0.374. The number of aromatic hydroxyl groups is 2. The van der Waals surface area contributed by atoms with Gasteiger partial charge in [0, 0.05) is 12.5 Å². The number of phenols is 2. The van der Waals surface area contributed by atoms with Gasteiger partial charge < -0.3 is 15.3 Å². The Morgan fingerprint density at radius 3 is 2.53 bits per heavy atom. The second-order valence-corrected chi connectivity index (χ2v) is 3.87. The molecule has 0 bridgehead atoms. The molecule has 0 radical (unpaired) electrons. The number of carboxylic acid groups (broad SMARTS) is 1. The van der Waals surface area contributed by atoms with Crippen LogP contribution in [-0.2, 0) is 11.2 Å². The molecule has 1 unspecified atom stereocenters. The van der Waals surface area contributed by atoms with Gasteiger partial charge in [-0.1, -0.05) is 13.0 Å². The number of benzene rings is 1. The van der Waals surface area contributed by atoms with Gasteiger partial charge in [-0.2, -0.15) is 0 Å². The highest BCUT2D eigenvalue weighted by Crippen LogP contribution is 2.27. The van der Waals surface area contributed by atoms with Crippen LogP contribution in [0.3, 0.4) is 0 Å². The van der Waals surface area contributed by atoms with Gasteiger partial charge in [-0.25, -0.2) is 5.43 Å². The minimum absolute atomic E-state index is 0.0292. The van der Waals surface area contributed by atoms with Crippen molar-refractivity contribution in [3.63, 3.8) is 0 Å². The highest BCUT2D eigenvalue weighted by atomic mass is 16.4. The fourth-order valence-electron chi connectivity index (χ4n) is 1.59. The van der Waals surface area contributed by atoms with Crippen molar-refractivity contribution in [2.75, 3.05) is 0 Å². The van der Waals surface area contributed by atoms with Crippen LogP contribution in [0.1, 0.15) is 18.9 Å².